The van der Waals surface area contributed by atoms with E-state index in [2.05, 4.69) is 126 Å². The number of benzene rings is 5. The van der Waals surface area contributed by atoms with E-state index in [1.54, 1.807) is 0 Å². The van der Waals surface area contributed by atoms with Gasteiger partial charge in [0.15, 0.2) is 11.5 Å². The second kappa shape index (κ2) is 7.86. The molecule has 36 heavy (non-hydrogen) atoms. The Labute approximate surface area is 214 Å². The van der Waals surface area contributed by atoms with Crippen LogP contribution < -0.4 is 9.64 Å². The van der Waals surface area contributed by atoms with Gasteiger partial charge in [0.2, 0.25) is 0 Å². The van der Waals surface area contributed by atoms with Crippen molar-refractivity contribution in [2.75, 3.05) is 4.90 Å². The molecule has 1 aliphatic heterocycles. The van der Waals surface area contributed by atoms with Crippen molar-refractivity contribution in [2.24, 2.45) is 0 Å². The van der Waals surface area contributed by atoms with Gasteiger partial charge in [0, 0.05) is 10.8 Å². The monoisotopic (exact) mass is 471 g/mol. The third-order valence-electron chi connectivity index (χ3n) is 7.59. The molecule has 0 unspecified atom stereocenters. The predicted octanol–water partition coefficient (Wildman–Crippen LogP) is 10.1. The van der Waals surface area contributed by atoms with E-state index in [1.165, 1.54) is 49.5 Å². The lowest BCUT2D eigenvalue weighted by molar-refractivity contribution is 0.474. The first kappa shape index (κ1) is 22.7. The van der Waals surface area contributed by atoms with Crippen molar-refractivity contribution in [1.82, 2.24) is 0 Å². The number of aryl methyl sites for hydroxylation is 4. The zero-order valence-electron chi connectivity index (χ0n) is 22.3. The van der Waals surface area contributed by atoms with Gasteiger partial charge in [-0.15, -0.1) is 0 Å². The van der Waals surface area contributed by atoms with E-state index in [4.69, 9.17) is 4.74 Å². The lowest BCUT2D eigenvalue weighted by Gasteiger charge is -2.38. The van der Waals surface area contributed by atoms with Gasteiger partial charge in [-0.3, -0.25) is 0 Å². The molecule has 1 heterocycles. The molecule has 0 fully saturated rings. The van der Waals surface area contributed by atoms with Crippen LogP contribution in [-0.4, -0.2) is 0 Å². The van der Waals surface area contributed by atoms with E-state index in [0.29, 0.717) is 0 Å². The van der Waals surface area contributed by atoms with Crippen molar-refractivity contribution in [3.05, 3.63) is 101 Å². The largest absolute Gasteiger partial charge is 0.453 e. The molecular formula is C34H33NO. The topological polar surface area (TPSA) is 12.5 Å². The van der Waals surface area contributed by atoms with Crippen LogP contribution in [0.2, 0.25) is 0 Å². The van der Waals surface area contributed by atoms with Gasteiger partial charge in [0.05, 0.1) is 17.1 Å². The average molecular weight is 472 g/mol. The molecule has 0 aromatic heterocycles. The average Bonchev–Trinajstić information content (AvgIpc) is 2.83. The summed E-state index contributed by atoms with van der Waals surface area (Å²) in [7, 11) is 0. The Balaban J connectivity index is 1.78. The van der Waals surface area contributed by atoms with E-state index in [-0.39, 0.29) is 5.41 Å². The molecule has 2 heteroatoms. The van der Waals surface area contributed by atoms with Crippen LogP contribution >= 0.6 is 0 Å². The molecule has 6 rings (SSSR count). The van der Waals surface area contributed by atoms with E-state index >= 15 is 0 Å². The van der Waals surface area contributed by atoms with Crippen molar-refractivity contribution >= 4 is 38.6 Å². The van der Waals surface area contributed by atoms with E-state index in [0.717, 1.165) is 28.4 Å². The number of nitrogens with zero attached hydrogens (tertiary/aromatic N) is 1. The SMILES string of the molecule is Cc1cc2ccccc2c2c1Oc1cc(C)c3ccccc3c1N2c1c(C)cc(C(C)(C)C)cc1C. The van der Waals surface area contributed by atoms with Gasteiger partial charge in [-0.1, -0.05) is 81.4 Å². The molecule has 0 radical (unpaired) electrons. The molecule has 2 nitrogen and oxygen atoms in total. The maximum atomic E-state index is 6.77. The normalized spacial score (nSPS) is 13.0. The van der Waals surface area contributed by atoms with Crippen LogP contribution in [0.5, 0.6) is 11.5 Å². The molecule has 5 aromatic rings. The summed E-state index contributed by atoms with van der Waals surface area (Å²) in [5, 5.41) is 4.89. The fraction of sp³-hybridized carbons (Fsp3) is 0.235. The van der Waals surface area contributed by atoms with Crippen molar-refractivity contribution in [3.8, 4) is 11.5 Å². The van der Waals surface area contributed by atoms with Crippen LogP contribution in [0, 0.1) is 27.7 Å². The number of hydrogen-bond donors (Lipinski definition) is 0. The van der Waals surface area contributed by atoms with Crippen LogP contribution in [-0.2, 0) is 5.41 Å². The van der Waals surface area contributed by atoms with Gasteiger partial charge in [-0.25, -0.2) is 0 Å². The summed E-state index contributed by atoms with van der Waals surface area (Å²) in [5.41, 5.74) is 9.84. The minimum Gasteiger partial charge on any atom is -0.453 e. The van der Waals surface area contributed by atoms with E-state index < -0.39 is 0 Å². The highest BCUT2D eigenvalue weighted by Crippen LogP contribution is 2.58. The fourth-order valence-corrected chi connectivity index (χ4v) is 5.80. The molecule has 180 valence electrons. The lowest BCUT2D eigenvalue weighted by atomic mass is 9.84. The molecule has 5 aromatic carbocycles. The Morgan fingerprint density at radius 2 is 1.19 bits per heavy atom. The van der Waals surface area contributed by atoms with Crippen LogP contribution in [0.1, 0.15) is 48.6 Å². The maximum absolute atomic E-state index is 6.77. The highest BCUT2D eigenvalue weighted by atomic mass is 16.5. The molecule has 0 spiro atoms. The maximum Gasteiger partial charge on any atom is 0.155 e. The molecule has 0 aliphatic carbocycles. The van der Waals surface area contributed by atoms with Gasteiger partial charge in [-0.05, 0) is 83.8 Å². The third-order valence-corrected chi connectivity index (χ3v) is 7.59. The Morgan fingerprint density at radius 1 is 0.583 bits per heavy atom. The van der Waals surface area contributed by atoms with Crippen molar-refractivity contribution in [2.45, 2.75) is 53.9 Å². The number of anilines is 3. The highest BCUT2D eigenvalue weighted by Gasteiger charge is 2.33. The molecule has 0 saturated carbocycles. The van der Waals surface area contributed by atoms with Gasteiger partial charge < -0.3 is 9.64 Å². The standard InChI is InChI=1S/C34H33NO/c1-20-19-29-31(28-15-11-10-13-26(20)28)35(30-21(2)17-25(18-22(30)3)34(5,6)7)32-27-14-9-8-12-24(27)16-23(4)33(32)36-29/h8-19H,1-7H3. The van der Waals surface area contributed by atoms with E-state index in [1.807, 2.05) is 0 Å². The minimum atomic E-state index is 0.0853. The molecule has 0 saturated heterocycles. The molecule has 0 amide bonds. The van der Waals surface area contributed by atoms with E-state index in [9.17, 15) is 0 Å². The van der Waals surface area contributed by atoms with Gasteiger partial charge in [0.25, 0.3) is 0 Å². The number of hydrogen-bond acceptors (Lipinski definition) is 2. The predicted molar refractivity (Wildman–Crippen MR) is 154 cm³/mol. The molecule has 1 aliphatic rings. The molecule has 0 N–H and O–H groups in total. The van der Waals surface area contributed by atoms with Gasteiger partial charge >= 0.3 is 0 Å². The smallest absolute Gasteiger partial charge is 0.155 e. The zero-order valence-corrected chi connectivity index (χ0v) is 22.3. The Bertz CT molecular complexity index is 1660. The van der Waals surface area contributed by atoms with Crippen molar-refractivity contribution < 1.29 is 4.74 Å². The van der Waals surface area contributed by atoms with Crippen molar-refractivity contribution in [3.63, 3.8) is 0 Å². The van der Waals surface area contributed by atoms with Crippen LogP contribution in [0.25, 0.3) is 21.5 Å². The van der Waals surface area contributed by atoms with Crippen LogP contribution in [0.3, 0.4) is 0 Å². The lowest BCUT2D eigenvalue weighted by Crippen LogP contribution is -2.20. The summed E-state index contributed by atoms with van der Waals surface area (Å²) in [6.45, 7) is 15.7. The van der Waals surface area contributed by atoms with Crippen LogP contribution in [0.15, 0.2) is 72.8 Å². The summed E-state index contributed by atoms with van der Waals surface area (Å²) in [6, 6.07) is 26.5. The summed E-state index contributed by atoms with van der Waals surface area (Å²) in [4.78, 5) is 2.49. The quantitative estimate of drug-likeness (QED) is 0.236. The summed E-state index contributed by atoms with van der Waals surface area (Å²) >= 11 is 0. The Morgan fingerprint density at radius 3 is 1.86 bits per heavy atom. The molecular weight excluding hydrogens is 438 g/mol. The fourth-order valence-electron chi connectivity index (χ4n) is 5.80. The molecule has 0 atom stereocenters. The molecule has 0 bridgehead atoms. The van der Waals surface area contributed by atoms with Gasteiger partial charge in [-0.2, -0.15) is 0 Å². The Hall–Kier alpha value is -3.78. The third kappa shape index (κ3) is 3.32. The number of fused-ring (bicyclic) bond motifs is 6. The van der Waals surface area contributed by atoms with Crippen molar-refractivity contribution in [1.29, 1.82) is 0 Å². The zero-order chi connectivity index (χ0) is 25.4. The van der Waals surface area contributed by atoms with Crippen LogP contribution in [0.4, 0.5) is 17.1 Å². The first-order chi connectivity index (χ1) is 17.1. The number of rotatable bonds is 1. The summed E-state index contributed by atoms with van der Waals surface area (Å²) < 4.78 is 6.77. The first-order valence-electron chi connectivity index (χ1n) is 12.8. The minimum absolute atomic E-state index is 0.0853. The Kier molecular flexibility index (Phi) is 4.95. The second-order valence-electron chi connectivity index (χ2n) is 11.3. The second-order valence-corrected chi connectivity index (χ2v) is 11.3. The summed E-state index contributed by atoms with van der Waals surface area (Å²) in [6.07, 6.45) is 0. The number of ether oxygens (including phenoxy) is 1. The van der Waals surface area contributed by atoms with Gasteiger partial charge in [0.1, 0.15) is 0 Å². The summed E-state index contributed by atoms with van der Waals surface area (Å²) in [5.74, 6) is 1.85. The first-order valence-corrected chi connectivity index (χ1v) is 12.8. The highest BCUT2D eigenvalue weighted by molar-refractivity contribution is 6.11.